The van der Waals surface area contributed by atoms with Crippen LogP contribution >= 0.6 is 35.3 Å². The summed E-state index contributed by atoms with van der Waals surface area (Å²) >= 11 is 1.77. The average molecular weight is 491 g/mol. The van der Waals surface area contributed by atoms with E-state index in [2.05, 4.69) is 34.7 Å². The number of methoxy groups -OCH3 is 3. The molecule has 144 valence electrons. The molecule has 0 aliphatic carbocycles. The minimum atomic E-state index is 0. The first kappa shape index (κ1) is 22.4. The molecule has 0 amide bonds. The maximum Gasteiger partial charge on any atom is 0.191 e. The molecule has 26 heavy (non-hydrogen) atoms. The summed E-state index contributed by atoms with van der Waals surface area (Å²) in [6.07, 6.45) is 0. The second-order valence-electron chi connectivity index (χ2n) is 5.30. The van der Waals surface area contributed by atoms with Crippen molar-refractivity contribution in [2.45, 2.75) is 20.0 Å². The molecule has 0 saturated carbocycles. The fourth-order valence-electron chi connectivity index (χ4n) is 2.40. The number of benzene rings is 1. The smallest absolute Gasteiger partial charge is 0.191 e. The van der Waals surface area contributed by atoms with Gasteiger partial charge in [-0.15, -0.1) is 35.3 Å². The van der Waals surface area contributed by atoms with Crippen LogP contribution in [0.2, 0.25) is 0 Å². The van der Waals surface area contributed by atoms with E-state index in [1.165, 1.54) is 9.75 Å². The van der Waals surface area contributed by atoms with Crippen LogP contribution in [0.4, 0.5) is 0 Å². The van der Waals surface area contributed by atoms with E-state index >= 15 is 0 Å². The Labute approximate surface area is 176 Å². The van der Waals surface area contributed by atoms with Gasteiger partial charge in [0, 0.05) is 28.9 Å². The van der Waals surface area contributed by atoms with Gasteiger partial charge in [-0.2, -0.15) is 0 Å². The van der Waals surface area contributed by atoms with Crippen LogP contribution in [-0.2, 0) is 13.1 Å². The Kier molecular flexibility index (Phi) is 9.57. The lowest BCUT2D eigenvalue weighted by Crippen LogP contribution is -2.36. The molecule has 0 spiro atoms. The molecular formula is C18H26IN3O3S. The van der Waals surface area contributed by atoms with E-state index in [1.807, 2.05) is 12.1 Å². The second kappa shape index (κ2) is 11.1. The van der Waals surface area contributed by atoms with Crippen LogP contribution in [-0.4, -0.2) is 34.3 Å². The number of aliphatic imine (C=N–C) groups is 1. The first-order valence-electron chi connectivity index (χ1n) is 7.90. The number of aryl methyl sites for hydroxylation is 1. The van der Waals surface area contributed by atoms with Crippen molar-refractivity contribution in [3.05, 3.63) is 39.6 Å². The maximum atomic E-state index is 5.47. The number of hydrogen-bond acceptors (Lipinski definition) is 5. The number of halogens is 1. The van der Waals surface area contributed by atoms with Crippen molar-refractivity contribution in [2.75, 3.05) is 28.4 Å². The maximum absolute atomic E-state index is 5.47. The van der Waals surface area contributed by atoms with Crippen LogP contribution < -0.4 is 24.8 Å². The second-order valence-corrected chi connectivity index (χ2v) is 6.67. The Morgan fingerprint density at radius 2 is 1.62 bits per heavy atom. The topological polar surface area (TPSA) is 64.1 Å². The van der Waals surface area contributed by atoms with Crippen LogP contribution in [0.25, 0.3) is 0 Å². The number of hydrogen-bond donors (Lipinski definition) is 2. The zero-order chi connectivity index (χ0) is 18.2. The first-order valence-corrected chi connectivity index (χ1v) is 8.71. The molecule has 0 aliphatic rings. The normalized spacial score (nSPS) is 10.7. The largest absolute Gasteiger partial charge is 0.496 e. The van der Waals surface area contributed by atoms with Gasteiger partial charge in [0.1, 0.15) is 17.2 Å². The van der Waals surface area contributed by atoms with Crippen LogP contribution in [0.1, 0.15) is 15.3 Å². The summed E-state index contributed by atoms with van der Waals surface area (Å²) < 4.78 is 16.2. The molecular weight excluding hydrogens is 465 g/mol. The minimum absolute atomic E-state index is 0. The van der Waals surface area contributed by atoms with Gasteiger partial charge in [-0.05, 0) is 19.1 Å². The molecule has 0 unspecified atom stereocenters. The van der Waals surface area contributed by atoms with E-state index in [9.17, 15) is 0 Å². The van der Waals surface area contributed by atoms with E-state index in [-0.39, 0.29) is 24.0 Å². The monoisotopic (exact) mass is 491 g/mol. The Balaban J connectivity index is 0.00000338. The first-order chi connectivity index (χ1) is 12.1. The van der Waals surface area contributed by atoms with Gasteiger partial charge in [-0.3, -0.25) is 4.99 Å². The molecule has 1 aromatic heterocycles. The third kappa shape index (κ3) is 5.94. The summed E-state index contributed by atoms with van der Waals surface area (Å²) in [4.78, 5) is 6.82. The van der Waals surface area contributed by atoms with Gasteiger partial charge in [-0.1, -0.05) is 0 Å². The van der Waals surface area contributed by atoms with E-state index in [0.717, 1.165) is 12.1 Å². The summed E-state index contributed by atoms with van der Waals surface area (Å²) in [6.45, 7) is 3.35. The van der Waals surface area contributed by atoms with E-state index in [0.29, 0.717) is 29.8 Å². The van der Waals surface area contributed by atoms with Gasteiger partial charge in [-0.25, -0.2) is 0 Å². The van der Waals surface area contributed by atoms with Crippen molar-refractivity contribution < 1.29 is 14.2 Å². The van der Waals surface area contributed by atoms with Crippen LogP contribution in [0.15, 0.2) is 29.3 Å². The number of thiophene rings is 1. The van der Waals surface area contributed by atoms with Crippen molar-refractivity contribution in [3.8, 4) is 17.2 Å². The van der Waals surface area contributed by atoms with Crippen molar-refractivity contribution >= 4 is 41.3 Å². The third-order valence-electron chi connectivity index (χ3n) is 3.70. The Morgan fingerprint density at radius 1 is 1.00 bits per heavy atom. The van der Waals surface area contributed by atoms with Crippen LogP contribution in [0.3, 0.4) is 0 Å². The standard InChI is InChI=1S/C18H25N3O3S.HI/c1-12-6-7-14(25-12)10-20-18(19-2)21-11-15-16(23-4)8-13(22-3)9-17(15)24-5;/h6-9H,10-11H2,1-5H3,(H2,19,20,21);1H. The molecule has 0 aliphatic heterocycles. The van der Waals surface area contributed by atoms with E-state index in [1.54, 1.807) is 39.7 Å². The van der Waals surface area contributed by atoms with Crippen molar-refractivity contribution in [3.63, 3.8) is 0 Å². The Hall–Kier alpha value is -1.68. The number of rotatable bonds is 7. The number of guanidine groups is 1. The molecule has 0 saturated heterocycles. The number of ether oxygens (including phenoxy) is 3. The predicted molar refractivity (Wildman–Crippen MR) is 118 cm³/mol. The number of nitrogens with zero attached hydrogens (tertiary/aromatic N) is 1. The lowest BCUT2D eigenvalue weighted by Gasteiger charge is -2.17. The highest BCUT2D eigenvalue weighted by Crippen LogP contribution is 2.33. The summed E-state index contributed by atoms with van der Waals surface area (Å²) in [5.74, 6) is 2.81. The van der Waals surface area contributed by atoms with Gasteiger partial charge in [0.2, 0.25) is 0 Å². The van der Waals surface area contributed by atoms with Gasteiger partial charge >= 0.3 is 0 Å². The SMILES string of the molecule is CN=C(NCc1ccc(C)s1)NCc1c(OC)cc(OC)cc1OC.I. The third-order valence-corrected chi connectivity index (χ3v) is 4.70. The van der Waals surface area contributed by atoms with E-state index < -0.39 is 0 Å². The molecule has 0 fully saturated rings. The fourth-order valence-corrected chi connectivity index (χ4v) is 3.23. The molecule has 2 aromatic rings. The summed E-state index contributed by atoms with van der Waals surface area (Å²) in [6, 6.07) is 7.91. The molecule has 2 N–H and O–H groups in total. The highest BCUT2D eigenvalue weighted by Gasteiger charge is 2.13. The molecule has 0 bridgehead atoms. The number of nitrogens with one attached hydrogen (secondary N) is 2. The highest BCUT2D eigenvalue weighted by molar-refractivity contribution is 14.0. The van der Waals surface area contributed by atoms with Gasteiger partial charge < -0.3 is 24.8 Å². The van der Waals surface area contributed by atoms with Crippen LogP contribution in [0, 0.1) is 6.92 Å². The lowest BCUT2D eigenvalue weighted by atomic mass is 10.1. The zero-order valence-corrected chi connectivity index (χ0v) is 18.9. The molecule has 1 aromatic carbocycles. The van der Waals surface area contributed by atoms with Gasteiger partial charge in [0.25, 0.3) is 0 Å². The molecule has 0 radical (unpaired) electrons. The van der Waals surface area contributed by atoms with Crippen molar-refractivity contribution in [2.24, 2.45) is 4.99 Å². The molecule has 6 nitrogen and oxygen atoms in total. The van der Waals surface area contributed by atoms with Crippen molar-refractivity contribution in [1.82, 2.24) is 10.6 Å². The fraction of sp³-hybridized carbons (Fsp3) is 0.389. The van der Waals surface area contributed by atoms with Gasteiger partial charge in [0.15, 0.2) is 5.96 Å². The predicted octanol–water partition coefficient (Wildman–Crippen LogP) is 3.57. The molecule has 8 heteroatoms. The van der Waals surface area contributed by atoms with E-state index in [4.69, 9.17) is 14.2 Å². The zero-order valence-electron chi connectivity index (χ0n) is 15.7. The average Bonchev–Trinajstić information content (AvgIpc) is 3.06. The lowest BCUT2D eigenvalue weighted by molar-refractivity contribution is 0.368. The molecule has 1 heterocycles. The summed E-state index contributed by atoms with van der Waals surface area (Å²) in [5, 5.41) is 6.60. The quantitative estimate of drug-likeness (QED) is 0.353. The Morgan fingerprint density at radius 3 is 2.08 bits per heavy atom. The van der Waals surface area contributed by atoms with Crippen molar-refractivity contribution in [1.29, 1.82) is 0 Å². The minimum Gasteiger partial charge on any atom is -0.496 e. The Bertz CT molecular complexity index is 709. The van der Waals surface area contributed by atoms with Gasteiger partial charge in [0.05, 0.1) is 40.0 Å². The molecule has 0 atom stereocenters. The van der Waals surface area contributed by atoms with Crippen LogP contribution in [0.5, 0.6) is 17.2 Å². The summed E-state index contributed by atoms with van der Waals surface area (Å²) in [5.41, 5.74) is 0.903. The highest BCUT2D eigenvalue weighted by atomic mass is 127. The summed E-state index contributed by atoms with van der Waals surface area (Å²) in [7, 11) is 6.62. The molecule has 2 rings (SSSR count).